The number of aromatic amines is 1. The molecule has 27 heavy (non-hydrogen) atoms. The van der Waals surface area contributed by atoms with Gasteiger partial charge in [0.15, 0.2) is 5.82 Å². The Balaban J connectivity index is 1.47. The molecule has 0 radical (unpaired) electrons. The zero-order valence-corrected chi connectivity index (χ0v) is 15.6. The smallest absolute Gasteiger partial charge is 0.251 e. The van der Waals surface area contributed by atoms with Crippen molar-refractivity contribution in [3.8, 4) is 11.4 Å². The van der Waals surface area contributed by atoms with Crippen molar-refractivity contribution in [1.29, 1.82) is 0 Å². The van der Waals surface area contributed by atoms with Gasteiger partial charge in [-0.05, 0) is 25.0 Å². The Morgan fingerprint density at radius 1 is 1.26 bits per heavy atom. The molecule has 1 atom stereocenters. The first kappa shape index (κ1) is 17.4. The summed E-state index contributed by atoms with van der Waals surface area (Å²) in [5, 5.41) is 8.01. The van der Waals surface area contributed by atoms with Crippen molar-refractivity contribution in [1.82, 2.24) is 29.7 Å². The summed E-state index contributed by atoms with van der Waals surface area (Å²) in [5.74, 6) is 3.33. The number of aromatic nitrogens is 6. The van der Waals surface area contributed by atoms with E-state index in [0.29, 0.717) is 5.82 Å². The second kappa shape index (κ2) is 7.30. The highest BCUT2D eigenvalue weighted by Crippen LogP contribution is 2.19. The number of aryl methyl sites for hydroxylation is 3. The molecular formula is C19H23N7O. The second-order valence-corrected chi connectivity index (χ2v) is 6.73. The standard InChI is InChI=1S/C19H23N7O/c1-3-13-9-18(27)24-19(22-13)12-5-7-16(20-10-12)21-14-6-8-17-23-15(4-2)25-26(17)11-14/h5,7,9-10,14H,3-4,6,8,11H2,1-2H3,(H,20,21)(H,22,24,27). The van der Waals surface area contributed by atoms with E-state index in [0.717, 1.165) is 61.0 Å². The van der Waals surface area contributed by atoms with Gasteiger partial charge in [0.2, 0.25) is 0 Å². The normalized spacial score (nSPS) is 16.1. The Kier molecular flexibility index (Phi) is 4.70. The molecule has 3 aromatic heterocycles. The fourth-order valence-electron chi connectivity index (χ4n) is 3.28. The van der Waals surface area contributed by atoms with E-state index >= 15 is 0 Å². The van der Waals surface area contributed by atoms with E-state index in [1.165, 1.54) is 6.07 Å². The summed E-state index contributed by atoms with van der Waals surface area (Å²) in [7, 11) is 0. The highest BCUT2D eigenvalue weighted by molar-refractivity contribution is 5.56. The van der Waals surface area contributed by atoms with Crippen LogP contribution in [-0.4, -0.2) is 35.8 Å². The summed E-state index contributed by atoms with van der Waals surface area (Å²) in [6.07, 6.45) is 5.22. The van der Waals surface area contributed by atoms with Gasteiger partial charge in [-0.3, -0.25) is 4.79 Å². The van der Waals surface area contributed by atoms with E-state index in [-0.39, 0.29) is 11.6 Å². The van der Waals surface area contributed by atoms with Crippen LogP contribution in [0.15, 0.2) is 29.2 Å². The van der Waals surface area contributed by atoms with Gasteiger partial charge in [-0.25, -0.2) is 19.6 Å². The summed E-state index contributed by atoms with van der Waals surface area (Å²) in [6.45, 7) is 4.84. The van der Waals surface area contributed by atoms with Crippen molar-refractivity contribution in [3.63, 3.8) is 0 Å². The minimum Gasteiger partial charge on any atom is -0.365 e. The van der Waals surface area contributed by atoms with Crippen LogP contribution in [0.2, 0.25) is 0 Å². The summed E-state index contributed by atoms with van der Waals surface area (Å²) >= 11 is 0. The number of H-pyrrole nitrogens is 1. The summed E-state index contributed by atoms with van der Waals surface area (Å²) in [5.41, 5.74) is 1.42. The maximum Gasteiger partial charge on any atom is 0.251 e. The summed E-state index contributed by atoms with van der Waals surface area (Å²) in [6, 6.07) is 5.63. The van der Waals surface area contributed by atoms with Crippen LogP contribution in [-0.2, 0) is 25.8 Å². The molecule has 3 aromatic rings. The third-order valence-corrected chi connectivity index (χ3v) is 4.76. The highest BCUT2D eigenvalue weighted by atomic mass is 16.1. The first-order valence-electron chi connectivity index (χ1n) is 9.40. The first-order chi connectivity index (χ1) is 13.1. The van der Waals surface area contributed by atoms with Crippen LogP contribution in [0.1, 0.15) is 37.6 Å². The number of anilines is 1. The first-order valence-corrected chi connectivity index (χ1v) is 9.40. The molecular weight excluding hydrogens is 342 g/mol. The number of hydrogen-bond acceptors (Lipinski definition) is 6. The van der Waals surface area contributed by atoms with E-state index in [1.807, 2.05) is 23.7 Å². The Morgan fingerprint density at radius 2 is 2.15 bits per heavy atom. The van der Waals surface area contributed by atoms with E-state index in [1.54, 1.807) is 6.20 Å². The lowest BCUT2D eigenvalue weighted by Gasteiger charge is -2.24. The van der Waals surface area contributed by atoms with Crippen molar-refractivity contribution in [2.24, 2.45) is 0 Å². The monoisotopic (exact) mass is 365 g/mol. The molecule has 1 aliphatic rings. The minimum atomic E-state index is -0.142. The molecule has 2 N–H and O–H groups in total. The van der Waals surface area contributed by atoms with Crippen LogP contribution in [0.25, 0.3) is 11.4 Å². The van der Waals surface area contributed by atoms with Crippen LogP contribution in [0.3, 0.4) is 0 Å². The quantitative estimate of drug-likeness (QED) is 0.717. The number of nitrogens with zero attached hydrogens (tertiary/aromatic N) is 5. The maximum atomic E-state index is 11.8. The lowest BCUT2D eigenvalue weighted by molar-refractivity contribution is 0.440. The van der Waals surface area contributed by atoms with Gasteiger partial charge in [-0.15, -0.1) is 0 Å². The molecule has 8 nitrogen and oxygen atoms in total. The molecule has 0 spiro atoms. The predicted octanol–water partition coefficient (Wildman–Crippen LogP) is 1.98. The Bertz CT molecular complexity index is 990. The second-order valence-electron chi connectivity index (χ2n) is 6.73. The molecule has 0 saturated carbocycles. The van der Waals surface area contributed by atoms with Crippen LogP contribution in [0.5, 0.6) is 0 Å². The number of fused-ring (bicyclic) bond motifs is 1. The molecule has 0 aliphatic carbocycles. The summed E-state index contributed by atoms with van der Waals surface area (Å²) in [4.78, 5) is 28.0. The van der Waals surface area contributed by atoms with E-state index in [2.05, 4.69) is 37.3 Å². The van der Waals surface area contributed by atoms with Gasteiger partial charge in [0.25, 0.3) is 5.56 Å². The highest BCUT2D eigenvalue weighted by Gasteiger charge is 2.21. The van der Waals surface area contributed by atoms with Gasteiger partial charge in [-0.2, -0.15) is 5.10 Å². The molecule has 0 fully saturated rings. The molecule has 1 unspecified atom stereocenters. The number of rotatable bonds is 5. The Hall–Kier alpha value is -3.03. The average Bonchev–Trinajstić information content (AvgIpc) is 3.10. The molecule has 140 valence electrons. The van der Waals surface area contributed by atoms with Crippen molar-refractivity contribution in [3.05, 3.63) is 52.1 Å². The molecule has 0 saturated heterocycles. The molecule has 0 aromatic carbocycles. The van der Waals surface area contributed by atoms with Crippen LogP contribution in [0.4, 0.5) is 5.82 Å². The molecule has 8 heteroatoms. The zero-order chi connectivity index (χ0) is 18.8. The lowest BCUT2D eigenvalue weighted by atomic mass is 10.1. The van der Waals surface area contributed by atoms with Crippen LogP contribution < -0.4 is 10.9 Å². The van der Waals surface area contributed by atoms with Gasteiger partial charge >= 0.3 is 0 Å². The maximum absolute atomic E-state index is 11.8. The van der Waals surface area contributed by atoms with Crippen LogP contribution >= 0.6 is 0 Å². The van der Waals surface area contributed by atoms with Gasteiger partial charge < -0.3 is 10.3 Å². The lowest BCUT2D eigenvalue weighted by Crippen LogP contribution is -2.32. The topological polar surface area (TPSA) is 101 Å². The van der Waals surface area contributed by atoms with Gasteiger partial charge in [-0.1, -0.05) is 13.8 Å². The van der Waals surface area contributed by atoms with Crippen molar-refractivity contribution in [2.45, 2.75) is 52.1 Å². The van der Waals surface area contributed by atoms with Crippen molar-refractivity contribution >= 4 is 5.82 Å². The van der Waals surface area contributed by atoms with Crippen molar-refractivity contribution < 1.29 is 0 Å². The third kappa shape index (κ3) is 3.74. The Morgan fingerprint density at radius 3 is 2.89 bits per heavy atom. The fourth-order valence-corrected chi connectivity index (χ4v) is 3.28. The predicted molar refractivity (Wildman–Crippen MR) is 103 cm³/mol. The number of nitrogens with one attached hydrogen (secondary N) is 2. The zero-order valence-electron chi connectivity index (χ0n) is 15.6. The van der Waals surface area contributed by atoms with E-state index in [4.69, 9.17) is 0 Å². The van der Waals surface area contributed by atoms with Gasteiger partial charge in [0.05, 0.1) is 6.54 Å². The molecule has 4 rings (SSSR count). The van der Waals surface area contributed by atoms with Crippen LogP contribution in [0, 0.1) is 0 Å². The Labute approximate surface area is 157 Å². The molecule has 0 bridgehead atoms. The van der Waals surface area contributed by atoms with E-state index < -0.39 is 0 Å². The number of hydrogen-bond donors (Lipinski definition) is 2. The molecule has 1 aliphatic heterocycles. The molecule has 0 amide bonds. The van der Waals surface area contributed by atoms with Gasteiger partial charge in [0.1, 0.15) is 17.5 Å². The number of pyridine rings is 1. The SMILES string of the molecule is CCc1cc(=O)[nH]c(-c2ccc(NC3CCc4nc(CC)nn4C3)nc2)n1. The van der Waals surface area contributed by atoms with Crippen molar-refractivity contribution in [2.75, 3.05) is 5.32 Å². The largest absolute Gasteiger partial charge is 0.365 e. The van der Waals surface area contributed by atoms with E-state index in [9.17, 15) is 4.79 Å². The minimum absolute atomic E-state index is 0.142. The molecule has 4 heterocycles. The third-order valence-electron chi connectivity index (χ3n) is 4.76. The fraction of sp³-hybridized carbons (Fsp3) is 0.421. The van der Waals surface area contributed by atoms with Gasteiger partial charge in [0, 0.05) is 42.4 Å². The summed E-state index contributed by atoms with van der Waals surface area (Å²) < 4.78 is 2.00. The average molecular weight is 365 g/mol.